The van der Waals surface area contributed by atoms with Gasteiger partial charge in [-0.05, 0) is 31.7 Å². The number of pyridine rings is 1. The van der Waals surface area contributed by atoms with Gasteiger partial charge >= 0.3 is 6.03 Å². The molecule has 116 valence electrons. The van der Waals surface area contributed by atoms with Crippen LogP contribution in [0.2, 0.25) is 0 Å². The number of carbonyl (C=O) groups is 1. The molecule has 0 aliphatic heterocycles. The van der Waals surface area contributed by atoms with Crippen LogP contribution in [0.5, 0.6) is 5.88 Å². The number of ether oxygens (including phenoxy) is 1. The van der Waals surface area contributed by atoms with E-state index in [2.05, 4.69) is 20.6 Å². The van der Waals surface area contributed by atoms with Crippen LogP contribution in [-0.2, 0) is 0 Å². The molecule has 22 heavy (non-hydrogen) atoms. The molecule has 7 heteroatoms. The number of methoxy groups -OCH3 is 1. The molecular formula is C15H18N4O2S. The van der Waals surface area contributed by atoms with Crippen molar-refractivity contribution in [3.05, 3.63) is 34.4 Å². The molecule has 1 aliphatic carbocycles. The number of aromatic nitrogens is 2. The molecule has 2 heterocycles. The molecule has 0 aromatic carbocycles. The van der Waals surface area contributed by atoms with E-state index in [9.17, 15) is 4.79 Å². The van der Waals surface area contributed by atoms with Crippen molar-refractivity contribution in [3.63, 3.8) is 0 Å². The largest absolute Gasteiger partial charge is 0.481 e. The third-order valence-electron chi connectivity index (χ3n) is 3.49. The Morgan fingerprint density at radius 1 is 1.45 bits per heavy atom. The quantitative estimate of drug-likeness (QED) is 0.888. The standard InChI is InChI=1S/C15H18N4O2S/c1-9-8-22-14(17-9)13(10-3-4-10)19-15(20)18-11-5-6-12(21-2)16-7-11/h5-8,10,13H,3-4H2,1-2H3,(H2,18,19,20). The van der Waals surface area contributed by atoms with Crippen LogP contribution in [0.25, 0.3) is 0 Å². The average Bonchev–Trinajstić information content (AvgIpc) is 3.27. The fourth-order valence-electron chi connectivity index (χ4n) is 2.21. The van der Waals surface area contributed by atoms with Gasteiger partial charge in [-0.2, -0.15) is 0 Å². The fraction of sp³-hybridized carbons (Fsp3) is 0.400. The summed E-state index contributed by atoms with van der Waals surface area (Å²) < 4.78 is 4.99. The van der Waals surface area contributed by atoms with Crippen molar-refractivity contribution in [3.8, 4) is 5.88 Å². The normalized spacial score (nSPS) is 15.2. The van der Waals surface area contributed by atoms with Gasteiger partial charge in [0.15, 0.2) is 0 Å². The smallest absolute Gasteiger partial charge is 0.319 e. The summed E-state index contributed by atoms with van der Waals surface area (Å²) in [5.41, 5.74) is 1.62. The van der Waals surface area contributed by atoms with Crippen molar-refractivity contribution >= 4 is 23.1 Å². The van der Waals surface area contributed by atoms with E-state index in [1.54, 1.807) is 36.8 Å². The predicted molar refractivity (Wildman–Crippen MR) is 85.3 cm³/mol. The lowest BCUT2D eigenvalue weighted by atomic mass is 10.2. The number of hydrogen-bond acceptors (Lipinski definition) is 5. The van der Waals surface area contributed by atoms with E-state index in [0.29, 0.717) is 17.5 Å². The number of rotatable bonds is 5. The van der Waals surface area contributed by atoms with Gasteiger partial charge in [0, 0.05) is 17.1 Å². The second kappa shape index (κ2) is 6.31. The van der Waals surface area contributed by atoms with Crippen molar-refractivity contribution in [2.45, 2.75) is 25.8 Å². The molecule has 2 aromatic heterocycles. The highest BCUT2D eigenvalue weighted by atomic mass is 32.1. The number of anilines is 1. The van der Waals surface area contributed by atoms with Gasteiger partial charge in [0.2, 0.25) is 5.88 Å². The third kappa shape index (κ3) is 3.54. The van der Waals surface area contributed by atoms with Crippen molar-refractivity contribution in [2.24, 2.45) is 5.92 Å². The molecule has 2 aromatic rings. The summed E-state index contributed by atoms with van der Waals surface area (Å²) in [5.74, 6) is 1.00. The van der Waals surface area contributed by atoms with Crippen LogP contribution >= 0.6 is 11.3 Å². The second-order valence-electron chi connectivity index (χ2n) is 5.33. The topological polar surface area (TPSA) is 76.1 Å². The molecule has 1 atom stereocenters. The average molecular weight is 318 g/mol. The lowest BCUT2D eigenvalue weighted by Gasteiger charge is -2.16. The maximum Gasteiger partial charge on any atom is 0.319 e. The van der Waals surface area contributed by atoms with E-state index in [4.69, 9.17) is 4.74 Å². The highest BCUT2D eigenvalue weighted by Crippen LogP contribution is 2.41. The van der Waals surface area contributed by atoms with E-state index >= 15 is 0 Å². The number of aryl methyl sites for hydroxylation is 1. The molecule has 3 rings (SSSR count). The molecule has 1 fully saturated rings. The third-order valence-corrected chi connectivity index (χ3v) is 4.53. The van der Waals surface area contributed by atoms with Crippen molar-refractivity contribution in [1.29, 1.82) is 0 Å². The summed E-state index contributed by atoms with van der Waals surface area (Å²) in [6.45, 7) is 1.97. The zero-order valence-corrected chi connectivity index (χ0v) is 13.3. The molecule has 0 bridgehead atoms. The van der Waals surface area contributed by atoms with Crippen LogP contribution < -0.4 is 15.4 Å². The first-order valence-corrected chi connectivity index (χ1v) is 8.03. The van der Waals surface area contributed by atoms with Gasteiger partial charge < -0.3 is 15.4 Å². The van der Waals surface area contributed by atoms with Crippen LogP contribution in [0.15, 0.2) is 23.7 Å². The number of nitrogens with one attached hydrogen (secondary N) is 2. The summed E-state index contributed by atoms with van der Waals surface area (Å²) in [6, 6.07) is 3.21. The summed E-state index contributed by atoms with van der Waals surface area (Å²) in [6.07, 6.45) is 3.83. The summed E-state index contributed by atoms with van der Waals surface area (Å²) in [5, 5.41) is 8.80. The monoisotopic (exact) mass is 318 g/mol. The van der Waals surface area contributed by atoms with Crippen molar-refractivity contribution in [1.82, 2.24) is 15.3 Å². The number of hydrogen-bond donors (Lipinski definition) is 2. The maximum absolute atomic E-state index is 12.2. The number of carbonyl (C=O) groups excluding carboxylic acids is 1. The van der Waals surface area contributed by atoms with Crippen LogP contribution in [0.3, 0.4) is 0 Å². The van der Waals surface area contributed by atoms with Gasteiger partial charge in [-0.25, -0.2) is 14.8 Å². The van der Waals surface area contributed by atoms with Gasteiger partial charge in [0.05, 0.1) is 25.0 Å². The Morgan fingerprint density at radius 2 is 2.27 bits per heavy atom. The first kappa shape index (κ1) is 14.8. The summed E-state index contributed by atoms with van der Waals surface area (Å²) in [4.78, 5) is 20.8. The molecular weight excluding hydrogens is 300 g/mol. The second-order valence-corrected chi connectivity index (χ2v) is 6.22. The number of thiazole rings is 1. The Balaban J connectivity index is 1.63. The lowest BCUT2D eigenvalue weighted by molar-refractivity contribution is 0.247. The minimum Gasteiger partial charge on any atom is -0.481 e. The predicted octanol–water partition coefficient (Wildman–Crippen LogP) is 3.13. The van der Waals surface area contributed by atoms with Gasteiger partial charge in [0.1, 0.15) is 5.01 Å². The van der Waals surface area contributed by atoms with E-state index in [0.717, 1.165) is 23.5 Å². The zero-order chi connectivity index (χ0) is 15.5. The number of urea groups is 1. The Hall–Kier alpha value is -2.15. The molecule has 1 saturated carbocycles. The first-order valence-electron chi connectivity index (χ1n) is 7.15. The molecule has 2 N–H and O–H groups in total. The first-order chi connectivity index (χ1) is 10.7. The Labute approximate surface area is 132 Å². The van der Waals surface area contributed by atoms with Crippen LogP contribution in [0.4, 0.5) is 10.5 Å². The molecule has 2 amide bonds. The minimum atomic E-state index is -0.239. The van der Waals surface area contributed by atoms with Crippen LogP contribution in [0.1, 0.15) is 29.6 Å². The van der Waals surface area contributed by atoms with Gasteiger partial charge in [-0.1, -0.05) is 0 Å². The van der Waals surface area contributed by atoms with E-state index in [1.165, 1.54) is 0 Å². The SMILES string of the molecule is COc1ccc(NC(=O)NC(c2nc(C)cs2)C2CC2)cn1. The molecule has 0 radical (unpaired) electrons. The minimum absolute atomic E-state index is 0.00934. The van der Waals surface area contributed by atoms with Gasteiger partial charge in [-0.15, -0.1) is 11.3 Å². The number of amides is 2. The Bertz CT molecular complexity index is 652. The Kier molecular flexibility index (Phi) is 4.24. The van der Waals surface area contributed by atoms with E-state index < -0.39 is 0 Å². The molecule has 0 saturated heterocycles. The maximum atomic E-state index is 12.2. The highest BCUT2D eigenvalue weighted by molar-refractivity contribution is 7.09. The highest BCUT2D eigenvalue weighted by Gasteiger charge is 2.35. The van der Waals surface area contributed by atoms with E-state index in [1.807, 2.05) is 12.3 Å². The summed E-state index contributed by atoms with van der Waals surface area (Å²) >= 11 is 1.60. The van der Waals surface area contributed by atoms with Crippen molar-refractivity contribution < 1.29 is 9.53 Å². The molecule has 6 nitrogen and oxygen atoms in total. The fourth-order valence-corrected chi connectivity index (χ4v) is 3.15. The van der Waals surface area contributed by atoms with E-state index in [-0.39, 0.29) is 12.1 Å². The zero-order valence-electron chi connectivity index (χ0n) is 12.5. The van der Waals surface area contributed by atoms with Crippen LogP contribution in [0, 0.1) is 12.8 Å². The lowest BCUT2D eigenvalue weighted by Crippen LogP contribution is -2.33. The molecule has 1 unspecified atom stereocenters. The van der Waals surface area contributed by atoms with Gasteiger partial charge in [0.25, 0.3) is 0 Å². The van der Waals surface area contributed by atoms with Crippen LogP contribution in [-0.4, -0.2) is 23.1 Å². The van der Waals surface area contributed by atoms with Gasteiger partial charge in [-0.3, -0.25) is 0 Å². The van der Waals surface area contributed by atoms with Crippen molar-refractivity contribution in [2.75, 3.05) is 12.4 Å². The molecule has 1 aliphatic rings. The number of nitrogens with zero attached hydrogens (tertiary/aromatic N) is 2. The summed E-state index contributed by atoms with van der Waals surface area (Å²) in [7, 11) is 1.55. The molecule has 0 spiro atoms. The Morgan fingerprint density at radius 3 is 2.82 bits per heavy atom.